The van der Waals surface area contributed by atoms with Crippen molar-refractivity contribution in [2.75, 3.05) is 12.9 Å². The number of rotatable bonds is 5. The largest absolute Gasteiger partial charge is 0.493 e. The number of thioether (sulfide) groups is 1. The van der Waals surface area contributed by atoms with Gasteiger partial charge in [-0.2, -0.15) is 0 Å². The van der Waals surface area contributed by atoms with Crippen molar-refractivity contribution in [3.63, 3.8) is 0 Å². The second kappa shape index (κ2) is 7.36. The molecule has 0 amide bonds. The minimum Gasteiger partial charge on any atom is -0.493 e. The summed E-state index contributed by atoms with van der Waals surface area (Å²) in [6.45, 7) is 2.44. The SMILES string of the molecule is CCOc1ccccc1C1=N/C(=C/c2ccc(SC)cc2)C(=O)O1. The van der Waals surface area contributed by atoms with E-state index in [1.54, 1.807) is 17.8 Å². The molecule has 3 rings (SSSR count). The summed E-state index contributed by atoms with van der Waals surface area (Å²) in [6.07, 6.45) is 3.75. The Morgan fingerprint density at radius 3 is 2.62 bits per heavy atom. The fourth-order valence-corrected chi connectivity index (χ4v) is 2.72. The molecule has 0 spiro atoms. The van der Waals surface area contributed by atoms with Gasteiger partial charge in [-0.25, -0.2) is 9.79 Å². The number of ether oxygens (including phenoxy) is 2. The van der Waals surface area contributed by atoms with E-state index in [0.29, 0.717) is 17.9 Å². The van der Waals surface area contributed by atoms with Crippen LogP contribution in [0.25, 0.3) is 6.08 Å². The number of esters is 1. The van der Waals surface area contributed by atoms with Crippen molar-refractivity contribution in [3.8, 4) is 5.75 Å². The minimum absolute atomic E-state index is 0.274. The fourth-order valence-electron chi connectivity index (χ4n) is 2.31. The van der Waals surface area contributed by atoms with E-state index in [1.165, 1.54) is 4.90 Å². The van der Waals surface area contributed by atoms with Crippen molar-refractivity contribution < 1.29 is 14.3 Å². The molecular formula is C19H17NO3S. The van der Waals surface area contributed by atoms with Gasteiger partial charge in [0.1, 0.15) is 5.75 Å². The van der Waals surface area contributed by atoms with Crippen molar-refractivity contribution in [1.29, 1.82) is 0 Å². The van der Waals surface area contributed by atoms with Gasteiger partial charge in [-0.1, -0.05) is 24.3 Å². The Labute approximate surface area is 145 Å². The lowest BCUT2D eigenvalue weighted by Gasteiger charge is -2.08. The van der Waals surface area contributed by atoms with Gasteiger partial charge in [0.25, 0.3) is 0 Å². The van der Waals surface area contributed by atoms with Crippen LogP contribution in [0.1, 0.15) is 18.1 Å². The Kier molecular flexibility index (Phi) is 5.01. The molecule has 1 heterocycles. The predicted molar refractivity (Wildman–Crippen MR) is 96.4 cm³/mol. The Morgan fingerprint density at radius 2 is 1.92 bits per heavy atom. The minimum atomic E-state index is -0.453. The van der Waals surface area contributed by atoms with Crippen LogP contribution in [0.5, 0.6) is 5.75 Å². The van der Waals surface area contributed by atoms with E-state index in [4.69, 9.17) is 9.47 Å². The molecule has 1 aliphatic rings. The van der Waals surface area contributed by atoms with Gasteiger partial charge in [-0.3, -0.25) is 0 Å². The second-order valence-electron chi connectivity index (χ2n) is 5.04. The van der Waals surface area contributed by atoms with Gasteiger partial charge in [0.2, 0.25) is 5.90 Å². The Hall–Kier alpha value is -2.53. The molecule has 2 aromatic rings. The summed E-state index contributed by atoms with van der Waals surface area (Å²) in [5.74, 6) is 0.471. The number of cyclic esters (lactones) is 1. The van der Waals surface area contributed by atoms with Crippen LogP contribution in [0, 0.1) is 0 Å². The number of carbonyl (C=O) groups excluding carboxylic acids is 1. The second-order valence-corrected chi connectivity index (χ2v) is 5.92. The van der Waals surface area contributed by atoms with Crippen LogP contribution < -0.4 is 4.74 Å². The van der Waals surface area contributed by atoms with Crippen molar-refractivity contribution in [3.05, 3.63) is 65.4 Å². The summed E-state index contributed by atoms with van der Waals surface area (Å²) in [4.78, 5) is 17.6. The average Bonchev–Trinajstić information content (AvgIpc) is 2.97. The lowest BCUT2D eigenvalue weighted by atomic mass is 10.2. The highest BCUT2D eigenvalue weighted by molar-refractivity contribution is 7.98. The number of nitrogens with zero attached hydrogens (tertiary/aromatic N) is 1. The molecule has 122 valence electrons. The van der Waals surface area contributed by atoms with Gasteiger partial charge in [-0.15, -0.1) is 11.8 Å². The summed E-state index contributed by atoms with van der Waals surface area (Å²) >= 11 is 1.67. The number of hydrogen-bond acceptors (Lipinski definition) is 5. The van der Waals surface area contributed by atoms with E-state index in [9.17, 15) is 4.79 Å². The highest BCUT2D eigenvalue weighted by atomic mass is 32.2. The van der Waals surface area contributed by atoms with Gasteiger partial charge < -0.3 is 9.47 Å². The molecule has 0 unspecified atom stereocenters. The monoisotopic (exact) mass is 339 g/mol. The fraction of sp³-hybridized carbons (Fsp3) is 0.158. The summed E-state index contributed by atoms with van der Waals surface area (Å²) in [6, 6.07) is 15.3. The first-order valence-electron chi connectivity index (χ1n) is 7.60. The summed E-state index contributed by atoms with van der Waals surface area (Å²) in [5, 5.41) is 0. The first-order valence-corrected chi connectivity index (χ1v) is 8.82. The molecule has 1 aliphatic heterocycles. The van der Waals surface area contributed by atoms with Crippen LogP contribution in [0.15, 0.2) is 64.1 Å². The van der Waals surface area contributed by atoms with Crippen molar-refractivity contribution in [2.45, 2.75) is 11.8 Å². The van der Waals surface area contributed by atoms with E-state index in [0.717, 1.165) is 5.56 Å². The van der Waals surface area contributed by atoms with Crippen LogP contribution in [0.4, 0.5) is 0 Å². The van der Waals surface area contributed by atoms with Gasteiger partial charge in [0.15, 0.2) is 5.70 Å². The Bertz CT molecular complexity index is 810. The summed E-state index contributed by atoms with van der Waals surface area (Å²) in [5.41, 5.74) is 1.87. The van der Waals surface area contributed by atoms with E-state index in [1.807, 2.05) is 61.7 Å². The normalized spacial score (nSPS) is 15.3. The molecule has 0 bridgehead atoms. The molecule has 0 aliphatic carbocycles. The predicted octanol–water partition coefficient (Wildman–Crippen LogP) is 4.15. The van der Waals surface area contributed by atoms with E-state index >= 15 is 0 Å². The number of hydrogen-bond donors (Lipinski definition) is 0. The van der Waals surface area contributed by atoms with Crippen LogP contribution in [0.3, 0.4) is 0 Å². The molecule has 0 saturated heterocycles. The van der Waals surface area contributed by atoms with Gasteiger partial charge in [-0.05, 0) is 49.1 Å². The van der Waals surface area contributed by atoms with E-state index in [-0.39, 0.29) is 11.6 Å². The molecule has 5 heteroatoms. The van der Waals surface area contributed by atoms with Crippen LogP contribution in [-0.2, 0) is 9.53 Å². The third-order valence-corrected chi connectivity index (χ3v) is 4.20. The van der Waals surface area contributed by atoms with Crippen LogP contribution in [-0.4, -0.2) is 24.7 Å². The number of carbonyl (C=O) groups is 1. The van der Waals surface area contributed by atoms with E-state index in [2.05, 4.69) is 4.99 Å². The van der Waals surface area contributed by atoms with Crippen LogP contribution >= 0.6 is 11.8 Å². The number of benzene rings is 2. The third-order valence-electron chi connectivity index (χ3n) is 3.46. The molecule has 0 fully saturated rings. The highest BCUT2D eigenvalue weighted by Crippen LogP contribution is 2.25. The van der Waals surface area contributed by atoms with E-state index < -0.39 is 5.97 Å². The maximum absolute atomic E-state index is 12.1. The van der Waals surface area contributed by atoms with Gasteiger partial charge in [0, 0.05) is 4.90 Å². The van der Waals surface area contributed by atoms with Crippen LogP contribution in [0.2, 0.25) is 0 Å². The van der Waals surface area contributed by atoms with Gasteiger partial charge in [0.05, 0.1) is 12.2 Å². The molecule has 0 atom stereocenters. The lowest BCUT2D eigenvalue weighted by Crippen LogP contribution is -2.07. The highest BCUT2D eigenvalue weighted by Gasteiger charge is 2.26. The van der Waals surface area contributed by atoms with Crippen molar-refractivity contribution >= 4 is 29.7 Å². The van der Waals surface area contributed by atoms with Gasteiger partial charge >= 0.3 is 5.97 Å². The average molecular weight is 339 g/mol. The summed E-state index contributed by atoms with van der Waals surface area (Å²) in [7, 11) is 0. The molecule has 0 aromatic heterocycles. The maximum Gasteiger partial charge on any atom is 0.363 e. The zero-order chi connectivity index (χ0) is 16.9. The zero-order valence-corrected chi connectivity index (χ0v) is 14.3. The smallest absolute Gasteiger partial charge is 0.363 e. The molecular weight excluding hydrogens is 322 g/mol. The Morgan fingerprint density at radius 1 is 1.17 bits per heavy atom. The zero-order valence-electron chi connectivity index (χ0n) is 13.5. The third kappa shape index (κ3) is 3.51. The molecule has 2 aromatic carbocycles. The quantitative estimate of drug-likeness (QED) is 0.466. The summed E-state index contributed by atoms with van der Waals surface area (Å²) < 4.78 is 10.9. The number of para-hydroxylation sites is 1. The first kappa shape index (κ1) is 16.3. The molecule has 0 radical (unpaired) electrons. The lowest BCUT2D eigenvalue weighted by molar-refractivity contribution is -0.129. The number of aliphatic imine (C=N–C) groups is 1. The Balaban J connectivity index is 1.91. The molecule has 24 heavy (non-hydrogen) atoms. The van der Waals surface area contributed by atoms with Crippen molar-refractivity contribution in [1.82, 2.24) is 0 Å². The maximum atomic E-state index is 12.1. The molecule has 4 nitrogen and oxygen atoms in total. The standard InChI is InChI=1S/C19H17NO3S/c1-3-22-17-7-5-4-6-15(17)18-20-16(19(21)23-18)12-13-8-10-14(24-2)11-9-13/h4-12H,3H2,1-2H3/b16-12+. The molecule has 0 saturated carbocycles. The molecule has 0 N–H and O–H groups in total. The topological polar surface area (TPSA) is 47.9 Å². The first-order chi connectivity index (χ1) is 11.7. The van der Waals surface area contributed by atoms with Crippen molar-refractivity contribution in [2.24, 2.45) is 4.99 Å².